The molecule has 2 aromatic carbocycles. The van der Waals surface area contributed by atoms with Gasteiger partial charge in [-0.25, -0.2) is 0 Å². The standard InChI is InChI=1S/C24H28N4OS/c1-24(2,3)18-12-10-17(11-13-18)21-26-27-23(28(21)4)30-20(16-8-6-5-7-9-16)22(29)25-19-14-15-19/h5-13,19-20H,14-15H2,1-4H3,(H,25,29)/t20-/m0/s1. The molecule has 0 unspecified atom stereocenters. The van der Waals surface area contributed by atoms with Crippen LogP contribution in [0.25, 0.3) is 11.4 Å². The maximum Gasteiger partial charge on any atom is 0.238 e. The van der Waals surface area contributed by atoms with Crippen LogP contribution in [0.2, 0.25) is 0 Å². The molecular formula is C24H28N4OS. The number of aromatic nitrogens is 3. The van der Waals surface area contributed by atoms with Crippen LogP contribution >= 0.6 is 11.8 Å². The number of thioether (sulfide) groups is 1. The minimum absolute atomic E-state index is 0.0350. The third-order valence-corrected chi connectivity index (χ3v) is 6.62. The van der Waals surface area contributed by atoms with Crippen molar-refractivity contribution in [3.05, 3.63) is 65.7 Å². The lowest BCUT2D eigenvalue weighted by atomic mass is 9.87. The van der Waals surface area contributed by atoms with Crippen LogP contribution in [0.1, 0.15) is 50.0 Å². The summed E-state index contributed by atoms with van der Waals surface area (Å²) in [6.07, 6.45) is 2.13. The Morgan fingerprint density at radius 1 is 1.07 bits per heavy atom. The number of hydrogen-bond acceptors (Lipinski definition) is 4. The number of hydrogen-bond donors (Lipinski definition) is 1. The van der Waals surface area contributed by atoms with E-state index in [1.807, 2.05) is 41.9 Å². The third-order valence-electron chi connectivity index (χ3n) is 5.33. The number of carbonyl (C=O) groups excluding carboxylic acids is 1. The first-order valence-electron chi connectivity index (χ1n) is 10.4. The second-order valence-corrected chi connectivity index (χ2v) is 9.96. The van der Waals surface area contributed by atoms with E-state index in [0.717, 1.165) is 34.9 Å². The van der Waals surface area contributed by atoms with Crippen molar-refractivity contribution in [2.45, 2.75) is 55.5 Å². The molecule has 4 rings (SSSR count). The van der Waals surface area contributed by atoms with Gasteiger partial charge in [0, 0.05) is 18.7 Å². The van der Waals surface area contributed by atoms with E-state index in [1.54, 1.807) is 0 Å². The summed E-state index contributed by atoms with van der Waals surface area (Å²) in [6.45, 7) is 6.61. The maximum absolute atomic E-state index is 12.9. The Labute approximate surface area is 182 Å². The lowest BCUT2D eigenvalue weighted by Gasteiger charge is -2.19. The minimum Gasteiger partial charge on any atom is -0.352 e. The topological polar surface area (TPSA) is 59.8 Å². The summed E-state index contributed by atoms with van der Waals surface area (Å²) in [5, 5.41) is 12.3. The van der Waals surface area contributed by atoms with Crippen LogP contribution in [0.5, 0.6) is 0 Å². The Bertz CT molecular complexity index is 1020. The Morgan fingerprint density at radius 2 is 1.73 bits per heavy atom. The van der Waals surface area contributed by atoms with Crippen molar-refractivity contribution in [1.29, 1.82) is 0 Å². The highest BCUT2D eigenvalue weighted by Crippen LogP contribution is 2.36. The summed E-state index contributed by atoms with van der Waals surface area (Å²) in [5.41, 5.74) is 3.38. The monoisotopic (exact) mass is 420 g/mol. The molecule has 1 atom stereocenters. The molecule has 1 aliphatic carbocycles. The normalized spacial score (nSPS) is 15.1. The smallest absolute Gasteiger partial charge is 0.238 e. The van der Waals surface area contributed by atoms with Crippen LogP contribution in [-0.4, -0.2) is 26.7 Å². The van der Waals surface area contributed by atoms with E-state index < -0.39 is 0 Å². The van der Waals surface area contributed by atoms with Crippen molar-refractivity contribution in [3.8, 4) is 11.4 Å². The van der Waals surface area contributed by atoms with Gasteiger partial charge in [0.15, 0.2) is 11.0 Å². The highest BCUT2D eigenvalue weighted by molar-refractivity contribution is 8.00. The first kappa shape index (κ1) is 20.7. The van der Waals surface area contributed by atoms with E-state index in [4.69, 9.17) is 0 Å². The van der Waals surface area contributed by atoms with Gasteiger partial charge in [0.2, 0.25) is 5.91 Å². The average Bonchev–Trinajstić information content (AvgIpc) is 3.47. The van der Waals surface area contributed by atoms with Crippen molar-refractivity contribution < 1.29 is 4.79 Å². The lowest BCUT2D eigenvalue weighted by molar-refractivity contribution is -0.120. The van der Waals surface area contributed by atoms with Crippen LogP contribution in [0.15, 0.2) is 59.8 Å². The number of nitrogens with one attached hydrogen (secondary N) is 1. The van der Waals surface area contributed by atoms with Gasteiger partial charge in [-0.3, -0.25) is 4.79 Å². The second-order valence-electron chi connectivity index (χ2n) is 8.88. The molecule has 0 aliphatic heterocycles. The summed E-state index contributed by atoms with van der Waals surface area (Å²) in [4.78, 5) is 12.9. The average molecular weight is 421 g/mol. The largest absolute Gasteiger partial charge is 0.352 e. The number of amides is 1. The van der Waals surface area contributed by atoms with E-state index in [0.29, 0.717) is 6.04 Å². The summed E-state index contributed by atoms with van der Waals surface area (Å²) in [6, 6.07) is 18.7. The van der Waals surface area contributed by atoms with Crippen LogP contribution in [0, 0.1) is 0 Å². The Hall–Kier alpha value is -2.60. The van der Waals surface area contributed by atoms with E-state index in [9.17, 15) is 4.79 Å². The summed E-state index contributed by atoms with van der Waals surface area (Å²) in [5.74, 6) is 0.833. The second kappa shape index (κ2) is 8.26. The number of nitrogens with zero attached hydrogens (tertiary/aromatic N) is 3. The van der Waals surface area contributed by atoms with Gasteiger partial charge in [-0.1, -0.05) is 87.1 Å². The molecule has 0 spiro atoms. The van der Waals surface area contributed by atoms with Gasteiger partial charge in [-0.05, 0) is 29.4 Å². The molecule has 30 heavy (non-hydrogen) atoms. The van der Waals surface area contributed by atoms with Crippen molar-refractivity contribution in [3.63, 3.8) is 0 Å². The van der Waals surface area contributed by atoms with Crippen molar-refractivity contribution in [1.82, 2.24) is 20.1 Å². The van der Waals surface area contributed by atoms with Gasteiger partial charge in [0.25, 0.3) is 0 Å². The molecule has 1 aliphatic rings. The van der Waals surface area contributed by atoms with Crippen LogP contribution in [0.4, 0.5) is 0 Å². The van der Waals surface area contributed by atoms with Gasteiger partial charge in [-0.2, -0.15) is 0 Å². The molecular weight excluding hydrogens is 392 g/mol. The van der Waals surface area contributed by atoms with Gasteiger partial charge >= 0.3 is 0 Å². The van der Waals surface area contributed by atoms with Crippen molar-refractivity contribution in [2.75, 3.05) is 0 Å². The first-order chi connectivity index (χ1) is 14.3. The quantitative estimate of drug-likeness (QED) is 0.577. The Balaban J connectivity index is 1.59. The predicted octanol–water partition coefficient (Wildman–Crippen LogP) is 4.89. The summed E-state index contributed by atoms with van der Waals surface area (Å²) >= 11 is 1.45. The van der Waals surface area contributed by atoms with E-state index in [2.05, 4.69) is 60.6 Å². The molecule has 1 fully saturated rings. The molecule has 6 heteroatoms. The van der Waals surface area contributed by atoms with Crippen molar-refractivity contribution in [2.24, 2.45) is 7.05 Å². The number of rotatable bonds is 6. The third kappa shape index (κ3) is 4.59. The fourth-order valence-electron chi connectivity index (χ4n) is 3.30. The van der Waals surface area contributed by atoms with Crippen LogP contribution < -0.4 is 5.32 Å². The Morgan fingerprint density at radius 3 is 2.33 bits per heavy atom. The molecule has 1 aromatic heterocycles. The van der Waals surface area contributed by atoms with E-state index in [-0.39, 0.29) is 16.6 Å². The number of carbonyl (C=O) groups is 1. The molecule has 1 heterocycles. The maximum atomic E-state index is 12.9. The number of benzene rings is 2. The molecule has 5 nitrogen and oxygen atoms in total. The lowest BCUT2D eigenvalue weighted by Crippen LogP contribution is -2.29. The molecule has 1 saturated carbocycles. The zero-order valence-corrected chi connectivity index (χ0v) is 18.7. The van der Waals surface area contributed by atoms with E-state index in [1.165, 1.54) is 17.3 Å². The zero-order chi connectivity index (χ0) is 21.3. The minimum atomic E-state index is -0.356. The molecule has 0 saturated heterocycles. The van der Waals surface area contributed by atoms with Crippen LogP contribution in [-0.2, 0) is 17.3 Å². The SMILES string of the molecule is Cn1c(S[C@H](C(=O)NC2CC2)c2ccccc2)nnc1-c1ccc(C(C)(C)C)cc1. The molecule has 3 aromatic rings. The van der Waals surface area contributed by atoms with Gasteiger partial charge in [-0.15, -0.1) is 10.2 Å². The summed E-state index contributed by atoms with van der Waals surface area (Å²) < 4.78 is 1.97. The molecule has 0 bridgehead atoms. The van der Waals surface area contributed by atoms with Crippen LogP contribution in [0.3, 0.4) is 0 Å². The van der Waals surface area contributed by atoms with E-state index >= 15 is 0 Å². The predicted molar refractivity (Wildman–Crippen MR) is 121 cm³/mol. The highest BCUT2D eigenvalue weighted by atomic mass is 32.2. The fraction of sp³-hybridized carbons (Fsp3) is 0.375. The molecule has 1 amide bonds. The molecule has 156 valence electrons. The van der Waals surface area contributed by atoms with Gasteiger partial charge in [0.1, 0.15) is 5.25 Å². The highest BCUT2D eigenvalue weighted by Gasteiger charge is 2.30. The summed E-state index contributed by atoms with van der Waals surface area (Å²) in [7, 11) is 1.95. The zero-order valence-electron chi connectivity index (χ0n) is 17.9. The van der Waals surface area contributed by atoms with Crippen molar-refractivity contribution >= 4 is 17.7 Å². The van der Waals surface area contributed by atoms with Gasteiger partial charge in [0.05, 0.1) is 0 Å². The Kier molecular flexibility index (Phi) is 5.69. The molecule has 0 radical (unpaired) electrons. The van der Waals surface area contributed by atoms with Gasteiger partial charge < -0.3 is 9.88 Å². The first-order valence-corrected chi connectivity index (χ1v) is 11.2. The molecule has 1 N–H and O–H groups in total. The fourth-order valence-corrected chi connectivity index (χ4v) is 4.31.